The van der Waals surface area contributed by atoms with E-state index in [0.29, 0.717) is 28.7 Å². The molecule has 142 valence electrons. The van der Waals surface area contributed by atoms with Gasteiger partial charge in [0.1, 0.15) is 17.1 Å². The van der Waals surface area contributed by atoms with Crippen molar-refractivity contribution >= 4 is 28.8 Å². The molecule has 0 aliphatic carbocycles. The van der Waals surface area contributed by atoms with Crippen molar-refractivity contribution in [3.8, 4) is 5.75 Å². The van der Waals surface area contributed by atoms with E-state index in [0.717, 1.165) is 37.1 Å². The van der Waals surface area contributed by atoms with E-state index >= 15 is 0 Å². The molecule has 0 unspecified atom stereocenters. The Kier molecular flexibility index (Phi) is 6.35. The van der Waals surface area contributed by atoms with Gasteiger partial charge in [-0.1, -0.05) is 38.3 Å². The van der Waals surface area contributed by atoms with E-state index in [4.69, 9.17) is 16.3 Å². The smallest absolute Gasteiger partial charge is 0.274 e. The summed E-state index contributed by atoms with van der Waals surface area (Å²) in [6, 6.07) is 11.0. The number of imidazole rings is 1. The standard InChI is InChI=1S/C21H24ClN3O2/c1-3-5-13-27-17-10-8-16(9-11-17)23-21(26)20-18(6-4-2)24-19-12-7-15(22)14-25(19)20/h7-12,14H,3-6,13H2,1-2H3,(H,23,26). The molecule has 2 aromatic heterocycles. The van der Waals surface area contributed by atoms with Gasteiger partial charge in [-0.25, -0.2) is 4.98 Å². The number of carbonyl (C=O) groups excluding carboxylic acids is 1. The van der Waals surface area contributed by atoms with Gasteiger partial charge in [0.25, 0.3) is 5.91 Å². The molecule has 1 aromatic carbocycles. The molecule has 0 aliphatic heterocycles. The van der Waals surface area contributed by atoms with Crippen molar-refractivity contribution in [2.45, 2.75) is 39.5 Å². The molecule has 0 atom stereocenters. The van der Waals surface area contributed by atoms with Crippen LogP contribution in [0.3, 0.4) is 0 Å². The van der Waals surface area contributed by atoms with Crippen molar-refractivity contribution in [2.75, 3.05) is 11.9 Å². The molecule has 0 fully saturated rings. The number of aryl methyl sites for hydroxylation is 1. The molecule has 6 heteroatoms. The number of nitrogens with one attached hydrogen (secondary N) is 1. The minimum absolute atomic E-state index is 0.201. The van der Waals surface area contributed by atoms with E-state index in [1.807, 2.05) is 30.3 Å². The van der Waals surface area contributed by atoms with E-state index in [2.05, 4.69) is 24.1 Å². The summed E-state index contributed by atoms with van der Waals surface area (Å²) >= 11 is 6.12. The van der Waals surface area contributed by atoms with E-state index in [-0.39, 0.29) is 5.91 Å². The van der Waals surface area contributed by atoms with Crippen molar-refractivity contribution < 1.29 is 9.53 Å². The first kappa shape index (κ1) is 19.2. The molecule has 2 heterocycles. The number of hydrogen-bond donors (Lipinski definition) is 1. The molecule has 5 nitrogen and oxygen atoms in total. The number of nitrogens with zero attached hydrogens (tertiary/aromatic N) is 2. The summed E-state index contributed by atoms with van der Waals surface area (Å²) in [7, 11) is 0. The fourth-order valence-electron chi connectivity index (χ4n) is 2.88. The van der Waals surface area contributed by atoms with Crippen LogP contribution in [0.4, 0.5) is 5.69 Å². The SMILES string of the molecule is CCCCOc1ccc(NC(=O)c2c(CCC)nc3ccc(Cl)cn23)cc1. The van der Waals surface area contributed by atoms with Crippen LogP contribution in [0, 0.1) is 0 Å². The van der Waals surface area contributed by atoms with Gasteiger partial charge in [-0.05, 0) is 49.2 Å². The molecule has 1 N–H and O–H groups in total. The molecule has 3 rings (SSSR count). The van der Waals surface area contributed by atoms with Gasteiger partial charge in [0.05, 0.1) is 17.3 Å². The van der Waals surface area contributed by atoms with Crippen LogP contribution < -0.4 is 10.1 Å². The van der Waals surface area contributed by atoms with Gasteiger partial charge in [-0.15, -0.1) is 0 Å². The van der Waals surface area contributed by atoms with Crippen molar-refractivity contribution in [3.63, 3.8) is 0 Å². The van der Waals surface area contributed by atoms with Crippen LogP contribution >= 0.6 is 11.6 Å². The summed E-state index contributed by atoms with van der Waals surface area (Å²) in [6.07, 6.45) is 5.48. The van der Waals surface area contributed by atoms with Crippen LogP contribution in [0.15, 0.2) is 42.6 Å². The molecule has 0 bridgehead atoms. The average Bonchev–Trinajstić information content (AvgIpc) is 3.01. The molecular weight excluding hydrogens is 362 g/mol. The minimum Gasteiger partial charge on any atom is -0.494 e. The Hall–Kier alpha value is -2.53. The fourth-order valence-corrected chi connectivity index (χ4v) is 3.04. The van der Waals surface area contributed by atoms with Crippen molar-refractivity contribution in [1.29, 1.82) is 0 Å². The first-order valence-corrected chi connectivity index (χ1v) is 9.70. The number of ether oxygens (including phenoxy) is 1. The quantitative estimate of drug-likeness (QED) is 0.530. The third-order valence-electron chi connectivity index (χ3n) is 4.24. The molecule has 3 aromatic rings. The Labute approximate surface area is 164 Å². The molecule has 0 saturated heterocycles. The number of pyridine rings is 1. The number of anilines is 1. The molecule has 0 aliphatic rings. The number of halogens is 1. The van der Waals surface area contributed by atoms with E-state index in [9.17, 15) is 4.79 Å². The van der Waals surface area contributed by atoms with Gasteiger partial charge in [-0.2, -0.15) is 0 Å². The topological polar surface area (TPSA) is 55.6 Å². The number of carbonyl (C=O) groups is 1. The van der Waals surface area contributed by atoms with Gasteiger partial charge in [0.2, 0.25) is 0 Å². The lowest BCUT2D eigenvalue weighted by atomic mass is 10.2. The molecule has 27 heavy (non-hydrogen) atoms. The number of rotatable bonds is 8. The lowest BCUT2D eigenvalue weighted by Gasteiger charge is -2.09. The van der Waals surface area contributed by atoms with Crippen molar-refractivity contribution in [3.05, 3.63) is 59.0 Å². The summed E-state index contributed by atoms with van der Waals surface area (Å²) in [5.74, 6) is 0.600. The maximum absolute atomic E-state index is 12.9. The second-order valence-electron chi connectivity index (χ2n) is 6.41. The van der Waals surface area contributed by atoms with Crippen LogP contribution in [0.1, 0.15) is 49.3 Å². The van der Waals surface area contributed by atoms with Crippen molar-refractivity contribution in [1.82, 2.24) is 9.38 Å². The van der Waals surface area contributed by atoms with Crippen LogP contribution in [0.25, 0.3) is 5.65 Å². The maximum atomic E-state index is 12.9. The minimum atomic E-state index is -0.201. The predicted octanol–water partition coefficient (Wildman–Crippen LogP) is 5.37. The van der Waals surface area contributed by atoms with Gasteiger partial charge >= 0.3 is 0 Å². The van der Waals surface area contributed by atoms with Gasteiger partial charge < -0.3 is 10.1 Å². The lowest BCUT2D eigenvalue weighted by molar-refractivity contribution is 0.102. The highest BCUT2D eigenvalue weighted by Crippen LogP contribution is 2.21. The number of hydrogen-bond acceptors (Lipinski definition) is 3. The Bertz CT molecular complexity index is 919. The number of aromatic nitrogens is 2. The number of benzene rings is 1. The molecule has 0 spiro atoms. The van der Waals surface area contributed by atoms with Gasteiger partial charge in [-0.3, -0.25) is 9.20 Å². The predicted molar refractivity (Wildman–Crippen MR) is 109 cm³/mol. The molecule has 0 saturated carbocycles. The monoisotopic (exact) mass is 385 g/mol. The highest BCUT2D eigenvalue weighted by atomic mass is 35.5. The highest BCUT2D eigenvalue weighted by Gasteiger charge is 2.19. The Morgan fingerprint density at radius 1 is 1.15 bits per heavy atom. The largest absolute Gasteiger partial charge is 0.494 e. The zero-order valence-corrected chi connectivity index (χ0v) is 16.4. The van der Waals surface area contributed by atoms with E-state index in [1.54, 1.807) is 16.7 Å². The Balaban J connectivity index is 1.81. The summed E-state index contributed by atoms with van der Waals surface area (Å²) in [4.78, 5) is 17.5. The third kappa shape index (κ3) is 4.61. The first-order chi connectivity index (χ1) is 13.1. The second-order valence-corrected chi connectivity index (χ2v) is 6.85. The zero-order chi connectivity index (χ0) is 19.2. The summed E-state index contributed by atoms with van der Waals surface area (Å²) < 4.78 is 7.41. The maximum Gasteiger partial charge on any atom is 0.274 e. The summed E-state index contributed by atoms with van der Waals surface area (Å²) in [5.41, 5.74) is 2.73. The number of fused-ring (bicyclic) bond motifs is 1. The summed E-state index contributed by atoms with van der Waals surface area (Å²) in [5, 5.41) is 3.51. The van der Waals surface area contributed by atoms with Crippen LogP contribution in [-0.4, -0.2) is 21.9 Å². The van der Waals surface area contributed by atoms with Gasteiger partial charge in [0.15, 0.2) is 0 Å². The number of amides is 1. The number of unbranched alkanes of at least 4 members (excludes halogenated alkanes) is 1. The molecule has 1 amide bonds. The second kappa shape index (κ2) is 8.91. The van der Waals surface area contributed by atoms with Crippen LogP contribution in [0.2, 0.25) is 5.02 Å². The van der Waals surface area contributed by atoms with E-state index in [1.165, 1.54) is 0 Å². The summed E-state index contributed by atoms with van der Waals surface area (Å²) in [6.45, 7) is 4.89. The normalized spacial score (nSPS) is 10.9. The zero-order valence-electron chi connectivity index (χ0n) is 15.7. The Morgan fingerprint density at radius 2 is 1.93 bits per heavy atom. The van der Waals surface area contributed by atoms with Crippen LogP contribution in [-0.2, 0) is 6.42 Å². The van der Waals surface area contributed by atoms with Gasteiger partial charge in [0, 0.05) is 11.9 Å². The van der Waals surface area contributed by atoms with Crippen molar-refractivity contribution in [2.24, 2.45) is 0 Å². The molecule has 0 radical (unpaired) electrons. The van der Waals surface area contributed by atoms with E-state index < -0.39 is 0 Å². The first-order valence-electron chi connectivity index (χ1n) is 9.33. The molecular formula is C21H24ClN3O2. The highest BCUT2D eigenvalue weighted by molar-refractivity contribution is 6.30. The third-order valence-corrected chi connectivity index (χ3v) is 4.46. The lowest BCUT2D eigenvalue weighted by Crippen LogP contribution is -2.16. The average molecular weight is 386 g/mol. The van der Waals surface area contributed by atoms with Crippen LogP contribution in [0.5, 0.6) is 5.75 Å². The Morgan fingerprint density at radius 3 is 2.63 bits per heavy atom. The fraction of sp³-hybridized carbons (Fsp3) is 0.333.